The molecule has 0 spiro atoms. The van der Waals surface area contributed by atoms with Gasteiger partial charge in [-0.3, -0.25) is 0 Å². The van der Waals surface area contributed by atoms with Crippen LogP contribution in [-0.4, -0.2) is 52.5 Å². The molecule has 1 aromatic rings. The Morgan fingerprint density at radius 1 is 1.33 bits per heavy atom. The summed E-state index contributed by atoms with van der Waals surface area (Å²) >= 11 is 0. The van der Waals surface area contributed by atoms with E-state index in [1.807, 2.05) is 30.3 Å². The van der Waals surface area contributed by atoms with Crippen LogP contribution < -0.4 is 0 Å². The second-order valence-electron chi connectivity index (χ2n) is 4.78. The van der Waals surface area contributed by atoms with Gasteiger partial charge in [0.15, 0.2) is 0 Å². The summed E-state index contributed by atoms with van der Waals surface area (Å²) in [5, 5.41) is 22.9. The van der Waals surface area contributed by atoms with Gasteiger partial charge in [0.25, 0.3) is 0 Å². The first-order valence-corrected chi connectivity index (χ1v) is 6.47. The number of carbonyl (C=O) groups is 1. The summed E-state index contributed by atoms with van der Waals surface area (Å²) in [6, 6.07) is 8.23. The van der Waals surface area contributed by atoms with E-state index in [2.05, 4.69) is 10.0 Å². The molecule has 1 fully saturated rings. The van der Waals surface area contributed by atoms with Crippen LogP contribution in [0, 0.1) is 0 Å². The second kappa shape index (κ2) is 6.94. The summed E-state index contributed by atoms with van der Waals surface area (Å²) in [7, 11) is 0. The highest BCUT2D eigenvalue weighted by Gasteiger charge is 2.36. The lowest BCUT2D eigenvalue weighted by molar-refractivity contribution is -0.0262. The lowest BCUT2D eigenvalue weighted by atomic mass is 10.0. The predicted octanol–water partition coefficient (Wildman–Crippen LogP) is 1.04. The molecule has 0 saturated carbocycles. The zero-order valence-corrected chi connectivity index (χ0v) is 11.2. The minimum absolute atomic E-state index is 0.0473. The Morgan fingerprint density at radius 3 is 2.52 bits per heavy atom. The van der Waals surface area contributed by atoms with Crippen molar-refractivity contribution in [2.24, 2.45) is 5.11 Å². The molecule has 8 nitrogen and oxygen atoms in total. The van der Waals surface area contributed by atoms with E-state index in [4.69, 9.17) is 10.3 Å². The zero-order valence-electron chi connectivity index (χ0n) is 11.2. The molecule has 0 aromatic heterocycles. The van der Waals surface area contributed by atoms with Crippen molar-refractivity contribution in [3.63, 3.8) is 0 Å². The average molecular weight is 292 g/mol. The van der Waals surface area contributed by atoms with Gasteiger partial charge in [0.05, 0.1) is 31.3 Å². The van der Waals surface area contributed by atoms with E-state index in [1.54, 1.807) is 0 Å². The first kappa shape index (κ1) is 15.1. The van der Waals surface area contributed by atoms with E-state index in [0.29, 0.717) is 0 Å². The van der Waals surface area contributed by atoms with Crippen molar-refractivity contribution in [2.45, 2.75) is 24.9 Å². The third-order valence-electron chi connectivity index (χ3n) is 3.25. The lowest BCUT2D eigenvalue weighted by Crippen LogP contribution is -2.56. The molecule has 2 N–H and O–H groups in total. The van der Waals surface area contributed by atoms with Crippen LogP contribution in [0.2, 0.25) is 0 Å². The van der Waals surface area contributed by atoms with Crippen molar-refractivity contribution in [2.75, 3.05) is 13.1 Å². The van der Waals surface area contributed by atoms with E-state index in [9.17, 15) is 15.0 Å². The standard InChI is InChI=1S/C13H16N4O4/c14-16-15-12-10(18)6-17(7-11(12)19)13(20)21-8-9-4-2-1-3-5-9/h1-5,10-12,18-19H,6-8H2/t10-,11+,12?. The van der Waals surface area contributed by atoms with Crippen molar-refractivity contribution in [3.8, 4) is 0 Å². The molecule has 1 heterocycles. The van der Waals surface area contributed by atoms with Gasteiger partial charge in [0.2, 0.25) is 0 Å². The predicted molar refractivity (Wildman–Crippen MR) is 73.1 cm³/mol. The second-order valence-corrected chi connectivity index (χ2v) is 4.78. The highest BCUT2D eigenvalue weighted by molar-refractivity contribution is 5.68. The van der Waals surface area contributed by atoms with Gasteiger partial charge in [-0.05, 0) is 11.1 Å². The number of rotatable bonds is 3. The van der Waals surface area contributed by atoms with Crippen LogP contribution in [0.15, 0.2) is 35.4 Å². The monoisotopic (exact) mass is 292 g/mol. The third kappa shape index (κ3) is 3.85. The molecule has 0 radical (unpaired) electrons. The molecule has 1 unspecified atom stereocenters. The molecule has 2 rings (SSSR count). The van der Waals surface area contributed by atoms with Gasteiger partial charge in [-0.25, -0.2) is 4.79 Å². The fourth-order valence-electron chi connectivity index (χ4n) is 2.17. The molecule has 0 aliphatic carbocycles. The number of ether oxygens (including phenoxy) is 1. The summed E-state index contributed by atoms with van der Waals surface area (Å²) in [6.07, 6.45) is -2.86. The number of aliphatic hydroxyl groups excluding tert-OH is 2. The highest BCUT2D eigenvalue weighted by atomic mass is 16.6. The molecule has 8 heteroatoms. The summed E-state index contributed by atoms with van der Waals surface area (Å²) < 4.78 is 5.12. The zero-order chi connectivity index (χ0) is 15.2. The van der Waals surface area contributed by atoms with Crippen molar-refractivity contribution in [1.29, 1.82) is 0 Å². The molecule has 1 aliphatic rings. The van der Waals surface area contributed by atoms with Crippen LogP contribution in [0.5, 0.6) is 0 Å². The molecule has 1 amide bonds. The van der Waals surface area contributed by atoms with Gasteiger partial charge in [-0.2, -0.15) is 0 Å². The van der Waals surface area contributed by atoms with E-state index in [0.717, 1.165) is 5.56 Å². The topological polar surface area (TPSA) is 119 Å². The Morgan fingerprint density at radius 2 is 1.95 bits per heavy atom. The minimum atomic E-state index is -1.12. The molecule has 1 aliphatic heterocycles. The van der Waals surface area contributed by atoms with E-state index in [1.165, 1.54) is 4.90 Å². The summed E-state index contributed by atoms with van der Waals surface area (Å²) in [5.74, 6) is 0. The van der Waals surface area contributed by atoms with Crippen LogP contribution in [0.4, 0.5) is 4.79 Å². The van der Waals surface area contributed by atoms with Crippen molar-refractivity contribution in [1.82, 2.24) is 4.90 Å². The fourth-order valence-corrected chi connectivity index (χ4v) is 2.17. The first-order chi connectivity index (χ1) is 10.1. The number of azide groups is 1. The molecule has 0 bridgehead atoms. The maximum atomic E-state index is 11.9. The normalized spacial score (nSPS) is 25.0. The molecule has 112 valence electrons. The van der Waals surface area contributed by atoms with Crippen molar-refractivity contribution >= 4 is 6.09 Å². The maximum Gasteiger partial charge on any atom is 0.410 e. The van der Waals surface area contributed by atoms with E-state index in [-0.39, 0.29) is 19.7 Å². The quantitative estimate of drug-likeness (QED) is 0.491. The van der Waals surface area contributed by atoms with E-state index >= 15 is 0 Å². The number of nitrogens with zero attached hydrogens (tertiary/aromatic N) is 4. The summed E-state index contributed by atoms with van der Waals surface area (Å²) in [5.41, 5.74) is 9.21. The van der Waals surface area contributed by atoms with Crippen LogP contribution >= 0.6 is 0 Å². The maximum absolute atomic E-state index is 11.9. The average Bonchev–Trinajstić information content (AvgIpc) is 2.49. The lowest BCUT2D eigenvalue weighted by Gasteiger charge is -2.36. The minimum Gasteiger partial charge on any atom is -0.445 e. The number of carbonyl (C=O) groups excluding carboxylic acids is 1. The molecular formula is C13H16N4O4. The van der Waals surface area contributed by atoms with Gasteiger partial charge in [-0.15, -0.1) is 0 Å². The van der Waals surface area contributed by atoms with E-state index < -0.39 is 24.3 Å². The number of β-amino-alcohol motifs (C(OH)–C–C–N with tert-alkyl or cyclic N) is 2. The summed E-state index contributed by atoms with van der Waals surface area (Å²) in [6.45, 7) is 0.0187. The Labute approximate surface area is 121 Å². The van der Waals surface area contributed by atoms with Crippen LogP contribution in [0.3, 0.4) is 0 Å². The van der Waals surface area contributed by atoms with Gasteiger partial charge in [0.1, 0.15) is 6.61 Å². The number of hydrogen-bond donors (Lipinski definition) is 2. The van der Waals surface area contributed by atoms with Gasteiger partial charge >= 0.3 is 6.09 Å². The fraction of sp³-hybridized carbons (Fsp3) is 0.462. The van der Waals surface area contributed by atoms with Gasteiger partial charge in [-0.1, -0.05) is 35.4 Å². The van der Waals surface area contributed by atoms with Crippen LogP contribution in [0.25, 0.3) is 10.4 Å². The molecule has 1 saturated heterocycles. The van der Waals surface area contributed by atoms with Crippen molar-refractivity contribution in [3.05, 3.63) is 46.3 Å². The van der Waals surface area contributed by atoms with Gasteiger partial charge in [0, 0.05) is 4.91 Å². The Hall–Kier alpha value is -2.28. The number of hydrogen-bond acceptors (Lipinski definition) is 5. The molecular weight excluding hydrogens is 276 g/mol. The highest BCUT2D eigenvalue weighted by Crippen LogP contribution is 2.16. The third-order valence-corrected chi connectivity index (χ3v) is 3.25. The SMILES string of the molecule is [N-]=[N+]=NC1[C@H](O)CN(C(=O)OCc2ccccc2)C[C@@H]1O. The Balaban J connectivity index is 1.90. The van der Waals surface area contributed by atoms with Crippen LogP contribution in [0.1, 0.15) is 5.56 Å². The summed E-state index contributed by atoms with van der Waals surface area (Å²) in [4.78, 5) is 15.7. The number of likely N-dealkylation sites (tertiary alicyclic amines) is 1. The number of amides is 1. The molecule has 21 heavy (non-hydrogen) atoms. The van der Waals surface area contributed by atoms with Gasteiger partial charge < -0.3 is 19.8 Å². The van der Waals surface area contributed by atoms with Crippen molar-refractivity contribution < 1.29 is 19.7 Å². The Kier molecular flexibility index (Phi) is 4.99. The number of aliphatic hydroxyl groups is 2. The molecule has 3 atom stereocenters. The first-order valence-electron chi connectivity index (χ1n) is 6.47. The smallest absolute Gasteiger partial charge is 0.410 e. The Bertz CT molecular complexity index is 520. The van der Waals surface area contributed by atoms with Crippen LogP contribution in [-0.2, 0) is 11.3 Å². The molecule has 1 aromatic carbocycles. The number of benzene rings is 1. The number of piperidine rings is 1. The largest absolute Gasteiger partial charge is 0.445 e.